The molecule has 1 heterocycles. The molecule has 1 fully saturated rings. The van der Waals surface area contributed by atoms with Crippen LogP contribution in [0.25, 0.3) is 6.08 Å². The van der Waals surface area contributed by atoms with Crippen molar-refractivity contribution in [1.82, 2.24) is 5.32 Å². The fourth-order valence-electron chi connectivity index (χ4n) is 2.91. The molecule has 0 saturated carbocycles. The Balaban J connectivity index is 1.98. The lowest BCUT2D eigenvalue weighted by atomic mass is 10.1. The third-order valence-corrected chi connectivity index (χ3v) is 4.96. The molecule has 1 saturated heterocycles. The largest absolute Gasteiger partial charge is 0.490 e. The molecular formula is C22H18ClFN2O6S. The minimum atomic E-state index is -0.705. The first-order valence-corrected chi connectivity index (χ1v) is 10.4. The fraction of sp³-hybridized carbons (Fsp3) is 0.182. The van der Waals surface area contributed by atoms with Crippen molar-refractivity contribution in [3.8, 4) is 11.5 Å². The summed E-state index contributed by atoms with van der Waals surface area (Å²) in [5.74, 6) is -2.18. The van der Waals surface area contributed by atoms with Crippen LogP contribution in [0.5, 0.6) is 11.5 Å². The number of amides is 2. The van der Waals surface area contributed by atoms with Gasteiger partial charge >= 0.3 is 5.97 Å². The summed E-state index contributed by atoms with van der Waals surface area (Å²) in [5.41, 5.74) is 0.422. The number of nitrogens with zero attached hydrogens (tertiary/aromatic N) is 1. The van der Waals surface area contributed by atoms with Gasteiger partial charge in [-0.15, -0.1) is 0 Å². The first kappa shape index (κ1) is 24.1. The van der Waals surface area contributed by atoms with E-state index in [0.717, 1.165) is 4.90 Å². The SMILES string of the molecule is CCOc1cc(/C=C2/C(=O)NC(=S)N(c3ccc(F)cc3)C2=O)cc(Cl)c1OCC(=O)OC. The molecule has 2 amide bonds. The second-order valence-electron chi connectivity index (χ2n) is 6.56. The molecule has 0 spiro atoms. The monoisotopic (exact) mass is 492 g/mol. The van der Waals surface area contributed by atoms with Gasteiger partial charge < -0.3 is 14.2 Å². The summed E-state index contributed by atoms with van der Waals surface area (Å²) in [7, 11) is 1.22. The molecule has 2 aromatic carbocycles. The minimum absolute atomic E-state index is 0.0891. The van der Waals surface area contributed by atoms with Gasteiger partial charge in [0.25, 0.3) is 11.8 Å². The zero-order chi connectivity index (χ0) is 24.1. The first-order chi connectivity index (χ1) is 15.7. The number of carbonyl (C=O) groups excluding carboxylic acids is 3. The highest BCUT2D eigenvalue weighted by molar-refractivity contribution is 7.80. The van der Waals surface area contributed by atoms with Crippen molar-refractivity contribution in [2.75, 3.05) is 25.2 Å². The Labute approximate surface area is 198 Å². The van der Waals surface area contributed by atoms with E-state index in [1.165, 1.54) is 49.6 Å². The lowest BCUT2D eigenvalue weighted by Gasteiger charge is -2.29. The van der Waals surface area contributed by atoms with E-state index in [4.69, 9.17) is 33.3 Å². The van der Waals surface area contributed by atoms with Crippen molar-refractivity contribution in [2.24, 2.45) is 0 Å². The number of methoxy groups -OCH3 is 1. The number of thiocarbonyl (C=S) groups is 1. The van der Waals surface area contributed by atoms with E-state index in [2.05, 4.69) is 10.1 Å². The molecule has 0 unspecified atom stereocenters. The zero-order valence-electron chi connectivity index (χ0n) is 17.5. The molecule has 0 aromatic heterocycles. The van der Waals surface area contributed by atoms with Gasteiger partial charge in [-0.3, -0.25) is 19.8 Å². The van der Waals surface area contributed by atoms with Gasteiger partial charge in [-0.2, -0.15) is 0 Å². The molecule has 1 aliphatic rings. The van der Waals surface area contributed by atoms with Crippen molar-refractivity contribution in [3.05, 3.63) is 58.4 Å². The van der Waals surface area contributed by atoms with Gasteiger partial charge in [-0.05, 0) is 67.2 Å². The number of anilines is 1. The summed E-state index contributed by atoms with van der Waals surface area (Å²) >= 11 is 11.4. The highest BCUT2D eigenvalue weighted by Crippen LogP contribution is 2.37. The van der Waals surface area contributed by atoms with Crippen LogP contribution < -0.4 is 19.7 Å². The van der Waals surface area contributed by atoms with Gasteiger partial charge in [-0.25, -0.2) is 9.18 Å². The van der Waals surface area contributed by atoms with E-state index < -0.39 is 23.6 Å². The molecule has 1 N–H and O–H groups in total. The van der Waals surface area contributed by atoms with Crippen LogP contribution in [0.2, 0.25) is 5.02 Å². The van der Waals surface area contributed by atoms with Crippen molar-refractivity contribution >= 4 is 58.5 Å². The third kappa shape index (κ3) is 5.47. The van der Waals surface area contributed by atoms with Crippen LogP contribution in [0.4, 0.5) is 10.1 Å². The lowest BCUT2D eigenvalue weighted by Crippen LogP contribution is -2.54. The maximum atomic E-state index is 13.3. The second-order valence-corrected chi connectivity index (χ2v) is 7.36. The summed E-state index contributed by atoms with van der Waals surface area (Å²) in [6.45, 7) is 1.61. The predicted molar refractivity (Wildman–Crippen MR) is 123 cm³/mol. The quantitative estimate of drug-likeness (QED) is 0.274. The van der Waals surface area contributed by atoms with Crippen LogP contribution in [0.1, 0.15) is 12.5 Å². The predicted octanol–water partition coefficient (Wildman–Crippen LogP) is 3.26. The number of hydrogen-bond acceptors (Lipinski definition) is 7. The average molecular weight is 493 g/mol. The molecule has 0 aliphatic carbocycles. The number of carbonyl (C=O) groups is 3. The molecule has 8 nitrogen and oxygen atoms in total. The normalized spacial score (nSPS) is 14.8. The molecular weight excluding hydrogens is 475 g/mol. The van der Waals surface area contributed by atoms with Crippen LogP contribution in [-0.2, 0) is 19.1 Å². The van der Waals surface area contributed by atoms with E-state index in [-0.39, 0.29) is 46.1 Å². The molecule has 1 aliphatic heterocycles. The summed E-state index contributed by atoms with van der Waals surface area (Å²) in [6, 6.07) is 8.03. The Morgan fingerprint density at radius 3 is 2.55 bits per heavy atom. The summed E-state index contributed by atoms with van der Waals surface area (Å²) in [4.78, 5) is 38.1. The number of halogens is 2. The van der Waals surface area contributed by atoms with E-state index >= 15 is 0 Å². The van der Waals surface area contributed by atoms with Crippen molar-refractivity contribution in [1.29, 1.82) is 0 Å². The zero-order valence-corrected chi connectivity index (χ0v) is 19.1. The third-order valence-electron chi connectivity index (χ3n) is 4.39. The number of rotatable bonds is 7. The van der Waals surface area contributed by atoms with E-state index in [9.17, 15) is 18.8 Å². The molecule has 33 heavy (non-hydrogen) atoms. The van der Waals surface area contributed by atoms with Gasteiger partial charge in [0.05, 0.1) is 24.4 Å². The van der Waals surface area contributed by atoms with Crippen LogP contribution in [0, 0.1) is 5.82 Å². The van der Waals surface area contributed by atoms with Gasteiger partial charge in [0.1, 0.15) is 11.4 Å². The fourth-order valence-corrected chi connectivity index (χ4v) is 3.47. The molecule has 2 aromatic rings. The Hall–Kier alpha value is -3.50. The Morgan fingerprint density at radius 2 is 1.91 bits per heavy atom. The van der Waals surface area contributed by atoms with Gasteiger partial charge in [0.15, 0.2) is 23.2 Å². The Morgan fingerprint density at radius 1 is 1.21 bits per heavy atom. The van der Waals surface area contributed by atoms with E-state index in [1.807, 2.05) is 0 Å². The first-order valence-electron chi connectivity index (χ1n) is 9.58. The number of hydrogen-bond donors (Lipinski definition) is 1. The van der Waals surface area contributed by atoms with Crippen LogP contribution in [-0.4, -0.2) is 43.2 Å². The van der Waals surface area contributed by atoms with Gasteiger partial charge in [0.2, 0.25) is 0 Å². The van der Waals surface area contributed by atoms with E-state index in [1.54, 1.807) is 6.92 Å². The second kappa shape index (κ2) is 10.4. The minimum Gasteiger partial charge on any atom is -0.490 e. The highest BCUT2D eigenvalue weighted by Gasteiger charge is 2.34. The summed E-state index contributed by atoms with van der Waals surface area (Å²) in [5, 5.41) is 2.40. The average Bonchev–Trinajstić information content (AvgIpc) is 2.77. The van der Waals surface area contributed by atoms with E-state index in [0.29, 0.717) is 5.56 Å². The molecule has 172 valence electrons. The standard InChI is InChI=1S/C22H18ClFN2O6S/c1-3-31-17-10-12(9-16(23)19(17)32-11-18(27)30-2)8-15-20(28)25-22(33)26(21(15)29)14-6-4-13(24)5-7-14/h4-10H,3,11H2,1-2H3,(H,25,28,33)/b15-8-. The molecule has 3 rings (SSSR count). The maximum absolute atomic E-state index is 13.3. The summed E-state index contributed by atoms with van der Waals surface area (Å²) < 4.78 is 28.8. The van der Waals surface area contributed by atoms with Gasteiger partial charge in [0, 0.05) is 0 Å². The smallest absolute Gasteiger partial charge is 0.343 e. The van der Waals surface area contributed by atoms with Crippen LogP contribution >= 0.6 is 23.8 Å². The highest BCUT2D eigenvalue weighted by atomic mass is 35.5. The Bertz CT molecular complexity index is 1150. The van der Waals surface area contributed by atoms with Crippen molar-refractivity contribution in [2.45, 2.75) is 6.92 Å². The number of benzene rings is 2. The topological polar surface area (TPSA) is 94.2 Å². The molecule has 0 atom stereocenters. The van der Waals surface area contributed by atoms with Crippen molar-refractivity contribution < 1.29 is 33.0 Å². The molecule has 11 heteroatoms. The Kier molecular flexibility index (Phi) is 7.62. The number of ether oxygens (including phenoxy) is 3. The number of esters is 1. The maximum Gasteiger partial charge on any atom is 0.343 e. The van der Waals surface area contributed by atoms with Crippen molar-refractivity contribution in [3.63, 3.8) is 0 Å². The molecule has 0 radical (unpaired) electrons. The molecule has 0 bridgehead atoms. The van der Waals surface area contributed by atoms with Crippen LogP contribution in [0.15, 0.2) is 42.0 Å². The van der Waals surface area contributed by atoms with Gasteiger partial charge in [-0.1, -0.05) is 11.6 Å². The van der Waals surface area contributed by atoms with Crippen LogP contribution in [0.3, 0.4) is 0 Å². The summed E-state index contributed by atoms with van der Waals surface area (Å²) in [6.07, 6.45) is 1.31. The lowest BCUT2D eigenvalue weighted by molar-refractivity contribution is -0.143. The number of nitrogens with one attached hydrogen (secondary N) is 1.